The highest BCUT2D eigenvalue weighted by Crippen LogP contribution is 2.11. The lowest BCUT2D eigenvalue weighted by atomic mass is 9.97. The highest BCUT2D eigenvalue weighted by atomic mass is 16.4. The van der Waals surface area contributed by atoms with E-state index in [4.69, 9.17) is 22.3 Å². The van der Waals surface area contributed by atoms with Crippen LogP contribution in [0.1, 0.15) is 91.5 Å². The lowest BCUT2D eigenvalue weighted by Gasteiger charge is -2.28. The predicted molar refractivity (Wildman–Crippen MR) is 243 cm³/mol. The molecule has 0 bridgehead atoms. The van der Waals surface area contributed by atoms with Gasteiger partial charge in [0.2, 0.25) is 53.2 Å². The number of carbonyl (C=O) groups is 11. The number of nitrogens with two attached hydrogens (primary N) is 3. The van der Waals surface area contributed by atoms with Crippen LogP contribution in [0.15, 0.2) is 30.3 Å². The van der Waals surface area contributed by atoms with E-state index in [-0.39, 0.29) is 38.6 Å². The maximum atomic E-state index is 13.8. The van der Waals surface area contributed by atoms with Crippen molar-refractivity contribution in [2.45, 2.75) is 147 Å². The third kappa shape index (κ3) is 22.2. The molecule has 25 heteroatoms. The molecule has 9 amide bonds. The number of carboxylic acids is 2. The molecule has 10 atom stereocenters. The van der Waals surface area contributed by atoms with Gasteiger partial charge in [-0.25, -0.2) is 4.79 Å². The average molecular weight is 964 g/mol. The van der Waals surface area contributed by atoms with Gasteiger partial charge in [0.25, 0.3) is 0 Å². The van der Waals surface area contributed by atoms with Gasteiger partial charge in [0.1, 0.15) is 42.3 Å². The molecule has 0 aliphatic heterocycles. The van der Waals surface area contributed by atoms with Crippen LogP contribution in [0.5, 0.6) is 0 Å². The van der Waals surface area contributed by atoms with Crippen molar-refractivity contribution in [1.82, 2.24) is 42.5 Å². The van der Waals surface area contributed by atoms with Gasteiger partial charge in [0.05, 0.1) is 18.7 Å². The normalized spacial score (nSPS) is 15.4. The van der Waals surface area contributed by atoms with Crippen LogP contribution in [0.25, 0.3) is 0 Å². The Balaban J connectivity index is 3.04. The molecule has 0 unspecified atom stereocenters. The van der Waals surface area contributed by atoms with E-state index >= 15 is 0 Å². The second kappa shape index (κ2) is 30.5. The monoisotopic (exact) mass is 964 g/mol. The maximum absolute atomic E-state index is 13.8. The minimum atomic E-state index is -1.65. The number of nitrogens with one attached hydrogen (secondary N) is 8. The van der Waals surface area contributed by atoms with Crippen molar-refractivity contribution in [2.75, 3.05) is 13.1 Å². The average Bonchev–Trinajstić information content (AvgIpc) is 3.28. The second-order valence-electron chi connectivity index (χ2n) is 16.4. The van der Waals surface area contributed by atoms with Gasteiger partial charge in [0, 0.05) is 19.3 Å². The van der Waals surface area contributed by atoms with Crippen LogP contribution in [0, 0.1) is 5.92 Å². The number of aliphatic hydroxyl groups is 1. The lowest BCUT2D eigenvalue weighted by molar-refractivity contribution is -0.142. The molecule has 0 saturated heterocycles. The zero-order chi connectivity index (χ0) is 51.7. The highest BCUT2D eigenvalue weighted by molar-refractivity contribution is 5.97. The highest BCUT2D eigenvalue weighted by Gasteiger charge is 2.35. The van der Waals surface area contributed by atoms with Gasteiger partial charge >= 0.3 is 11.9 Å². The van der Waals surface area contributed by atoms with Crippen LogP contribution >= 0.6 is 0 Å². The Morgan fingerprint density at radius 1 is 0.603 bits per heavy atom. The van der Waals surface area contributed by atoms with Crippen LogP contribution < -0.4 is 59.7 Å². The standard InChI is InChI=1S/C43H69N11O14/c1-6-22(2)34(53-32(57)21-47-36(60)23(3)48-39(63)29(16-18-33(58)59)50-38(62)27(45)15-17-31(46)56)41(65)51-28(14-10-11-19-44)40(64)54-35(25(5)55)42(66)49-24(4)37(61)52-30(43(67)68)20-26-12-8-7-9-13-26/h7-9,12-13,22-25,27-30,34-35,55H,6,10-11,14-21,44-45H2,1-5H3,(H2,46,56)(H,47,60)(H,48,63)(H,49,66)(H,50,62)(H,51,65)(H,52,61)(H,53,57)(H,54,64)(H,58,59)(H,67,68)/t22-,23-,24-,25+,27-,28-,29-,30-,34-,35-/m0/s1. The zero-order valence-corrected chi connectivity index (χ0v) is 39.0. The summed E-state index contributed by atoms with van der Waals surface area (Å²) < 4.78 is 0. The number of hydrogen-bond acceptors (Lipinski definition) is 14. The van der Waals surface area contributed by atoms with Crippen LogP contribution in [-0.2, 0) is 59.2 Å². The largest absolute Gasteiger partial charge is 0.481 e. The van der Waals surface area contributed by atoms with Crippen LogP contribution in [0.3, 0.4) is 0 Å². The molecule has 0 spiro atoms. The summed E-state index contributed by atoms with van der Waals surface area (Å²) in [6.45, 7) is 6.64. The van der Waals surface area contributed by atoms with Crippen molar-refractivity contribution < 1.29 is 68.1 Å². The quantitative estimate of drug-likeness (QED) is 0.0305. The van der Waals surface area contributed by atoms with Crippen molar-refractivity contribution in [3.63, 3.8) is 0 Å². The summed E-state index contributed by atoms with van der Waals surface area (Å²) in [5.74, 6) is -11.0. The molecule has 0 saturated carbocycles. The van der Waals surface area contributed by atoms with Gasteiger partial charge in [-0.2, -0.15) is 0 Å². The summed E-state index contributed by atoms with van der Waals surface area (Å²) in [6.07, 6.45) is -1.77. The van der Waals surface area contributed by atoms with Gasteiger partial charge in [0.15, 0.2) is 0 Å². The Kier molecular flexibility index (Phi) is 26.6. The third-order valence-electron chi connectivity index (χ3n) is 10.6. The molecule has 17 N–H and O–H groups in total. The van der Waals surface area contributed by atoms with Crippen LogP contribution in [0.2, 0.25) is 0 Å². The first-order valence-corrected chi connectivity index (χ1v) is 22.2. The Morgan fingerprint density at radius 2 is 1.15 bits per heavy atom. The Labute approximate surface area is 394 Å². The van der Waals surface area contributed by atoms with E-state index < -0.39 is 138 Å². The van der Waals surface area contributed by atoms with Gasteiger partial charge in [-0.3, -0.25) is 47.9 Å². The topological polar surface area (TPSA) is 423 Å². The zero-order valence-electron chi connectivity index (χ0n) is 39.0. The molecule has 1 aromatic carbocycles. The number of benzene rings is 1. The smallest absolute Gasteiger partial charge is 0.326 e. The van der Waals surface area contributed by atoms with Gasteiger partial charge in [-0.15, -0.1) is 0 Å². The van der Waals surface area contributed by atoms with E-state index in [0.29, 0.717) is 24.8 Å². The Bertz CT molecular complexity index is 1900. The lowest BCUT2D eigenvalue weighted by Crippen LogP contribution is -2.61. The van der Waals surface area contributed by atoms with Crippen molar-refractivity contribution >= 4 is 65.1 Å². The number of carbonyl (C=O) groups excluding carboxylic acids is 9. The van der Waals surface area contributed by atoms with Crippen LogP contribution in [0.4, 0.5) is 0 Å². The van der Waals surface area contributed by atoms with Gasteiger partial charge in [-0.1, -0.05) is 50.6 Å². The van der Waals surface area contributed by atoms with Crippen LogP contribution in [-0.4, -0.2) is 148 Å². The molecule has 380 valence electrons. The first-order valence-electron chi connectivity index (χ1n) is 22.2. The summed E-state index contributed by atoms with van der Waals surface area (Å²) in [7, 11) is 0. The fourth-order valence-electron chi connectivity index (χ4n) is 6.27. The Morgan fingerprint density at radius 3 is 1.71 bits per heavy atom. The number of aliphatic carboxylic acids is 2. The third-order valence-corrected chi connectivity index (χ3v) is 10.6. The van der Waals surface area contributed by atoms with E-state index in [1.165, 1.54) is 20.8 Å². The molecule has 68 heavy (non-hydrogen) atoms. The SMILES string of the molecule is CC[C@H](C)[C@H](NC(=O)CNC(=O)[C@H](C)NC(=O)[C@H](CCC(=O)O)NC(=O)[C@@H](N)CCC(N)=O)C(=O)N[C@@H](CCCCN)C(=O)N[C@H](C(=O)N[C@@H](C)C(=O)N[C@@H](Cc1ccccc1)C(=O)O)[C@@H](C)O. The predicted octanol–water partition coefficient (Wildman–Crippen LogP) is -4.12. The molecule has 0 aromatic heterocycles. The summed E-state index contributed by atoms with van der Waals surface area (Å²) in [4.78, 5) is 140. The molecular weight excluding hydrogens is 895 g/mol. The molecule has 0 aliphatic carbocycles. The first kappa shape index (κ1) is 59.3. The molecule has 0 fully saturated rings. The molecule has 0 heterocycles. The fourth-order valence-corrected chi connectivity index (χ4v) is 6.27. The number of rotatable bonds is 32. The van der Waals surface area contributed by atoms with Crippen molar-refractivity contribution in [1.29, 1.82) is 0 Å². The molecular formula is C43H69N11O14. The number of hydrogen-bond donors (Lipinski definition) is 14. The summed E-state index contributed by atoms with van der Waals surface area (Å²) >= 11 is 0. The van der Waals surface area contributed by atoms with Gasteiger partial charge in [-0.05, 0) is 70.9 Å². The molecule has 25 nitrogen and oxygen atoms in total. The number of amides is 9. The summed E-state index contributed by atoms with van der Waals surface area (Å²) in [6, 6.07) is -2.42. The Hall–Kier alpha value is -6.73. The number of carboxylic acid groups (broad SMARTS) is 2. The molecule has 0 aliphatic rings. The molecule has 0 radical (unpaired) electrons. The fraction of sp³-hybridized carbons (Fsp3) is 0.605. The van der Waals surface area contributed by atoms with Crippen molar-refractivity contribution in [3.05, 3.63) is 35.9 Å². The first-order chi connectivity index (χ1) is 31.9. The minimum Gasteiger partial charge on any atom is -0.481 e. The van der Waals surface area contributed by atoms with E-state index in [0.717, 1.165) is 0 Å². The summed E-state index contributed by atoms with van der Waals surface area (Å²) in [5.41, 5.74) is 17.1. The number of primary amides is 1. The maximum Gasteiger partial charge on any atom is 0.326 e. The minimum absolute atomic E-state index is 0.00348. The number of unbranched alkanes of at least 4 members (excludes halogenated alkanes) is 1. The molecule has 1 aromatic rings. The van der Waals surface area contributed by atoms with E-state index in [9.17, 15) is 63.0 Å². The molecule has 1 rings (SSSR count). The number of aliphatic hydroxyl groups excluding tert-OH is 1. The van der Waals surface area contributed by atoms with Crippen molar-refractivity contribution in [3.8, 4) is 0 Å². The second-order valence-corrected chi connectivity index (χ2v) is 16.4. The van der Waals surface area contributed by atoms with E-state index in [1.807, 2.05) is 0 Å². The van der Waals surface area contributed by atoms with E-state index in [2.05, 4.69) is 42.5 Å². The summed E-state index contributed by atoms with van der Waals surface area (Å²) in [5, 5.41) is 48.6. The van der Waals surface area contributed by atoms with E-state index in [1.54, 1.807) is 44.2 Å². The van der Waals surface area contributed by atoms with Crippen molar-refractivity contribution in [2.24, 2.45) is 23.1 Å². The van der Waals surface area contributed by atoms with Gasteiger partial charge < -0.3 is 75.1 Å².